The maximum Gasteiger partial charge on any atom is 0.319 e. The topological polar surface area (TPSA) is 53.2 Å². The first kappa shape index (κ1) is 15.1. The molecule has 0 spiro atoms. The van der Waals surface area contributed by atoms with Crippen molar-refractivity contribution in [3.8, 4) is 0 Å². The second kappa shape index (κ2) is 6.95. The molecule has 2 aliphatic rings. The zero-order chi connectivity index (χ0) is 13.1. The molecule has 0 bridgehead atoms. The number of carbonyl (C=O) groups is 1. The molecule has 0 saturated heterocycles. The molecule has 3 N–H and O–H groups in total. The SMILES string of the molecule is Cl.O=C(Nc1ccc2c(c1)CCNC2)NC1CCCC1. The van der Waals surface area contributed by atoms with E-state index in [1.165, 1.54) is 24.0 Å². The smallest absolute Gasteiger partial charge is 0.319 e. The second-order valence-corrected chi connectivity index (χ2v) is 5.49. The Hall–Kier alpha value is -1.26. The molecule has 0 radical (unpaired) electrons. The van der Waals surface area contributed by atoms with Crippen LogP contribution in [0.2, 0.25) is 0 Å². The third-order valence-electron chi connectivity index (χ3n) is 4.04. The molecule has 1 aromatic rings. The zero-order valence-electron chi connectivity index (χ0n) is 11.6. The molecule has 1 heterocycles. The number of benzene rings is 1. The lowest BCUT2D eigenvalue weighted by molar-refractivity contribution is 0.248. The van der Waals surface area contributed by atoms with E-state index >= 15 is 0 Å². The molecule has 1 aliphatic heterocycles. The van der Waals surface area contributed by atoms with Crippen molar-refractivity contribution < 1.29 is 4.79 Å². The Morgan fingerprint density at radius 1 is 1.20 bits per heavy atom. The standard InChI is InChI=1S/C15H21N3O.ClH/c19-15(17-13-3-1-2-4-13)18-14-6-5-12-10-16-8-7-11(12)9-14;/h5-6,9,13,16H,1-4,7-8,10H2,(H2,17,18,19);1H. The van der Waals surface area contributed by atoms with Crippen LogP contribution in [0.4, 0.5) is 10.5 Å². The summed E-state index contributed by atoms with van der Waals surface area (Å²) >= 11 is 0. The van der Waals surface area contributed by atoms with Crippen LogP contribution in [0.25, 0.3) is 0 Å². The Bertz CT molecular complexity index is 472. The summed E-state index contributed by atoms with van der Waals surface area (Å²) in [6.45, 7) is 1.95. The third-order valence-corrected chi connectivity index (χ3v) is 4.04. The van der Waals surface area contributed by atoms with E-state index in [-0.39, 0.29) is 18.4 Å². The number of carbonyl (C=O) groups excluding carboxylic acids is 1. The maximum absolute atomic E-state index is 11.9. The van der Waals surface area contributed by atoms with Gasteiger partial charge in [0.1, 0.15) is 0 Å². The summed E-state index contributed by atoms with van der Waals surface area (Å²) in [4.78, 5) is 11.9. The molecule has 2 amide bonds. The van der Waals surface area contributed by atoms with Gasteiger partial charge in [0.15, 0.2) is 0 Å². The van der Waals surface area contributed by atoms with Crippen LogP contribution in [0.1, 0.15) is 36.8 Å². The van der Waals surface area contributed by atoms with Crippen molar-refractivity contribution in [3.05, 3.63) is 29.3 Å². The van der Waals surface area contributed by atoms with E-state index in [4.69, 9.17) is 0 Å². The average molecular weight is 296 g/mol. The number of urea groups is 1. The van der Waals surface area contributed by atoms with Crippen LogP contribution in [0.5, 0.6) is 0 Å². The molecule has 1 fully saturated rings. The predicted molar refractivity (Wildman–Crippen MR) is 83.5 cm³/mol. The lowest BCUT2D eigenvalue weighted by Gasteiger charge is -2.18. The molecular formula is C15H22ClN3O. The van der Waals surface area contributed by atoms with Gasteiger partial charge in [-0.1, -0.05) is 18.9 Å². The summed E-state index contributed by atoms with van der Waals surface area (Å²) in [5.41, 5.74) is 3.58. The van der Waals surface area contributed by atoms with E-state index < -0.39 is 0 Å². The lowest BCUT2D eigenvalue weighted by Crippen LogP contribution is -2.36. The first-order valence-electron chi connectivity index (χ1n) is 7.21. The Labute approximate surface area is 126 Å². The summed E-state index contributed by atoms with van der Waals surface area (Å²) in [5, 5.41) is 9.34. The number of hydrogen-bond donors (Lipinski definition) is 3. The normalized spacial score (nSPS) is 18.0. The average Bonchev–Trinajstić information content (AvgIpc) is 2.91. The fourth-order valence-corrected chi connectivity index (χ4v) is 2.98. The Morgan fingerprint density at radius 2 is 2.00 bits per heavy atom. The highest BCUT2D eigenvalue weighted by atomic mass is 35.5. The molecule has 0 unspecified atom stereocenters. The van der Waals surface area contributed by atoms with Gasteiger partial charge >= 0.3 is 6.03 Å². The summed E-state index contributed by atoms with van der Waals surface area (Å²) < 4.78 is 0. The van der Waals surface area contributed by atoms with E-state index in [1.807, 2.05) is 6.07 Å². The Morgan fingerprint density at radius 3 is 2.80 bits per heavy atom. The molecular weight excluding hydrogens is 274 g/mol. The van der Waals surface area contributed by atoms with Crippen LogP contribution < -0.4 is 16.0 Å². The minimum Gasteiger partial charge on any atom is -0.335 e. The predicted octanol–water partition coefficient (Wildman–Crippen LogP) is 2.82. The Balaban J connectivity index is 0.00000147. The summed E-state index contributed by atoms with van der Waals surface area (Å²) in [6.07, 6.45) is 5.73. The second-order valence-electron chi connectivity index (χ2n) is 5.49. The fraction of sp³-hybridized carbons (Fsp3) is 0.533. The van der Waals surface area contributed by atoms with E-state index in [0.717, 1.165) is 38.0 Å². The van der Waals surface area contributed by atoms with Gasteiger partial charge in [-0.3, -0.25) is 0 Å². The number of nitrogens with one attached hydrogen (secondary N) is 3. The van der Waals surface area contributed by atoms with Gasteiger partial charge in [-0.2, -0.15) is 0 Å². The van der Waals surface area contributed by atoms with Crippen molar-refractivity contribution in [1.29, 1.82) is 0 Å². The largest absolute Gasteiger partial charge is 0.335 e. The van der Waals surface area contributed by atoms with Gasteiger partial charge in [-0.05, 0) is 49.1 Å². The van der Waals surface area contributed by atoms with Crippen LogP contribution in [0, 0.1) is 0 Å². The molecule has 5 heteroatoms. The van der Waals surface area contributed by atoms with Crippen molar-refractivity contribution >= 4 is 24.1 Å². The molecule has 1 saturated carbocycles. The highest BCUT2D eigenvalue weighted by Crippen LogP contribution is 2.20. The van der Waals surface area contributed by atoms with Gasteiger partial charge < -0.3 is 16.0 Å². The molecule has 20 heavy (non-hydrogen) atoms. The van der Waals surface area contributed by atoms with Gasteiger partial charge in [0, 0.05) is 18.3 Å². The maximum atomic E-state index is 11.9. The number of fused-ring (bicyclic) bond motifs is 1. The van der Waals surface area contributed by atoms with Crippen molar-refractivity contribution in [2.45, 2.75) is 44.7 Å². The zero-order valence-corrected chi connectivity index (χ0v) is 12.4. The quantitative estimate of drug-likeness (QED) is 0.786. The monoisotopic (exact) mass is 295 g/mol. The van der Waals surface area contributed by atoms with Gasteiger partial charge in [0.05, 0.1) is 0 Å². The van der Waals surface area contributed by atoms with E-state index in [1.54, 1.807) is 0 Å². The van der Waals surface area contributed by atoms with Gasteiger partial charge in [0.2, 0.25) is 0 Å². The van der Waals surface area contributed by atoms with Crippen LogP contribution in [-0.4, -0.2) is 18.6 Å². The number of hydrogen-bond acceptors (Lipinski definition) is 2. The highest BCUT2D eigenvalue weighted by Gasteiger charge is 2.17. The van der Waals surface area contributed by atoms with Crippen molar-refractivity contribution in [3.63, 3.8) is 0 Å². The van der Waals surface area contributed by atoms with Gasteiger partial charge in [-0.25, -0.2) is 4.79 Å². The molecule has 3 rings (SSSR count). The van der Waals surface area contributed by atoms with Crippen LogP contribution >= 0.6 is 12.4 Å². The van der Waals surface area contributed by atoms with Crippen LogP contribution in [0.3, 0.4) is 0 Å². The summed E-state index contributed by atoms with van der Waals surface area (Å²) in [6, 6.07) is 6.49. The first-order chi connectivity index (χ1) is 9.31. The lowest BCUT2D eigenvalue weighted by atomic mass is 10.0. The number of anilines is 1. The third kappa shape index (κ3) is 3.64. The summed E-state index contributed by atoms with van der Waals surface area (Å²) in [5.74, 6) is 0. The molecule has 0 aromatic heterocycles. The number of rotatable bonds is 2. The van der Waals surface area contributed by atoms with E-state index in [9.17, 15) is 4.79 Å². The molecule has 0 atom stereocenters. The fourth-order valence-electron chi connectivity index (χ4n) is 2.98. The molecule has 1 aromatic carbocycles. The van der Waals surface area contributed by atoms with Crippen LogP contribution in [0.15, 0.2) is 18.2 Å². The number of halogens is 1. The molecule has 4 nitrogen and oxygen atoms in total. The first-order valence-corrected chi connectivity index (χ1v) is 7.21. The van der Waals surface area contributed by atoms with Crippen molar-refractivity contribution in [2.75, 3.05) is 11.9 Å². The summed E-state index contributed by atoms with van der Waals surface area (Å²) in [7, 11) is 0. The minimum absolute atomic E-state index is 0. The van der Waals surface area contributed by atoms with Crippen LogP contribution in [-0.2, 0) is 13.0 Å². The minimum atomic E-state index is -0.0687. The van der Waals surface area contributed by atoms with Gasteiger partial charge in [0.25, 0.3) is 0 Å². The Kier molecular flexibility index (Phi) is 5.26. The van der Waals surface area contributed by atoms with Crippen molar-refractivity contribution in [1.82, 2.24) is 10.6 Å². The highest BCUT2D eigenvalue weighted by molar-refractivity contribution is 5.89. The van der Waals surface area contributed by atoms with Gasteiger partial charge in [-0.15, -0.1) is 12.4 Å². The molecule has 1 aliphatic carbocycles. The number of amides is 2. The van der Waals surface area contributed by atoms with Crippen molar-refractivity contribution in [2.24, 2.45) is 0 Å². The van der Waals surface area contributed by atoms with E-state index in [0.29, 0.717) is 6.04 Å². The van der Waals surface area contributed by atoms with E-state index in [2.05, 4.69) is 28.1 Å². The molecule has 110 valence electrons.